The average molecular weight is 345 g/mol. The molecule has 0 bridgehead atoms. The molecule has 2 aromatic carbocycles. The number of carbonyl (C=O) groups is 1. The molecule has 2 aromatic rings. The highest BCUT2D eigenvalue weighted by atomic mass is 16.5. The molecule has 3 heteroatoms. The molecule has 2 aliphatic rings. The van der Waals surface area contributed by atoms with Crippen LogP contribution in [0, 0.1) is 5.92 Å². The number of ether oxygens (including phenoxy) is 1. The Kier molecular flexibility index (Phi) is 4.72. The summed E-state index contributed by atoms with van der Waals surface area (Å²) < 4.78 is 5.42. The highest BCUT2D eigenvalue weighted by Gasteiger charge is 2.45. The van der Waals surface area contributed by atoms with Gasteiger partial charge in [0.05, 0.1) is 6.61 Å². The Morgan fingerprint density at radius 3 is 2.31 bits per heavy atom. The van der Waals surface area contributed by atoms with Gasteiger partial charge in [0.15, 0.2) is 0 Å². The van der Waals surface area contributed by atoms with Crippen LogP contribution in [0.15, 0.2) is 84.5 Å². The number of piperidine rings is 1. The van der Waals surface area contributed by atoms with Crippen molar-refractivity contribution >= 4 is 5.97 Å². The van der Waals surface area contributed by atoms with Gasteiger partial charge in [-0.25, -0.2) is 0 Å². The summed E-state index contributed by atoms with van der Waals surface area (Å²) in [6, 6.07) is 20.3. The first-order valence-corrected chi connectivity index (χ1v) is 9.20. The molecule has 26 heavy (non-hydrogen) atoms. The molecule has 4 atom stereocenters. The predicted molar refractivity (Wildman–Crippen MR) is 103 cm³/mol. The SMILES string of the molecule is CCOC(=O)[C@H]1N[C@@H](c2ccccc2)[C@@H]2C=CC=C2[C@@H]1c1ccccc1. The fraction of sp³-hybridized carbons (Fsp3) is 0.261. The summed E-state index contributed by atoms with van der Waals surface area (Å²) in [7, 11) is 0. The van der Waals surface area contributed by atoms with E-state index < -0.39 is 6.04 Å². The molecule has 0 radical (unpaired) electrons. The molecule has 4 rings (SSSR count). The number of allylic oxidation sites excluding steroid dienone is 2. The van der Waals surface area contributed by atoms with Gasteiger partial charge < -0.3 is 4.74 Å². The maximum Gasteiger partial charge on any atom is 0.324 e. The summed E-state index contributed by atoms with van der Waals surface area (Å²) in [5, 5.41) is 3.61. The summed E-state index contributed by atoms with van der Waals surface area (Å²) in [6.07, 6.45) is 6.52. The van der Waals surface area contributed by atoms with E-state index in [0.29, 0.717) is 6.61 Å². The third-order valence-corrected chi connectivity index (χ3v) is 5.26. The van der Waals surface area contributed by atoms with E-state index in [2.05, 4.69) is 47.8 Å². The van der Waals surface area contributed by atoms with Crippen molar-refractivity contribution < 1.29 is 9.53 Å². The number of hydrogen-bond acceptors (Lipinski definition) is 3. The van der Waals surface area contributed by atoms with E-state index in [1.807, 2.05) is 43.3 Å². The molecule has 132 valence electrons. The second-order valence-electron chi connectivity index (χ2n) is 6.75. The van der Waals surface area contributed by atoms with Crippen LogP contribution < -0.4 is 5.32 Å². The van der Waals surface area contributed by atoms with E-state index in [9.17, 15) is 4.79 Å². The van der Waals surface area contributed by atoms with Gasteiger partial charge in [-0.2, -0.15) is 0 Å². The lowest BCUT2D eigenvalue weighted by atomic mass is 9.72. The van der Waals surface area contributed by atoms with Gasteiger partial charge in [0.25, 0.3) is 0 Å². The second-order valence-corrected chi connectivity index (χ2v) is 6.75. The lowest BCUT2D eigenvalue weighted by Gasteiger charge is -2.42. The van der Waals surface area contributed by atoms with Crippen molar-refractivity contribution in [2.45, 2.75) is 24.9 Å². The molecule has 3 nitrogen and oxygen atoms in total. The molecule has 0 unspecified atom stereocenters. The minimum absolute atomic E-state index is 0.0183. The van der Waals surface area contributed by atoms with Crippen molar-refractivity contribution in [3.05, 3.63) is 95.6 Å². The number of benzene rings is 2. The Hall–Kier alpha value is -2.65. The second kappa shape index (κ2) is 7.30. The van der Waals surface area contributed by atoms with Crippen LogP contribution in [0.25, 0.3) is 0 Å². The van der Waals surface area contributed by atoms with Gasteiger partial charge in [-0.3, -0.25) is 10.1 Å². The van der Waals surface area contributed by atoms with E-state index in [1.54, 1.807) is 0 Å². The highest BCUT2D eigenvalue weighted by Crippen LogP contribution is 2.46. The zero-order chi connectivity index (χ0) is 17.9. The fourth-order valence-corrected chi connectivity index (χ4v) is 4.15. The monoisotopic (exact) mass is 345 g/mol. The largest absolute Gasteiger partial charge is 0.465 e. The summed E-state index contributed by atoms with van der Waals surface area (Å²) in [6.45, 7) is 2.24. The summed E-state index contributed by atoms with van der Waals surface area (Å²) >= 11 is 0. The molecule has 1 aliphatic carbocycles. The average Bonchev–Trinajstić information content (AvgIpc) is 3.18. The van der Waals surface area contributed by atoms with Gasteiger partial charge in [-0.15, -0.1) is 0 Å². The Labute approximate surface area is 154 Å². The number of esters is 1. The van der Waals surface area contributed by atoms with Crippen molar-refractivity contribution in [2.75, 3.05) is 6.61 Å². The smallest absolute Gasteiger partial charge is 0.324 e. The van der Waals surface area contributed by atoms with E-state index in [4.69, 9.17) is 4.74 Å². The lowest BCUT2D eigenvalue weighted by Crippen LogP contribution is -2.51. The fourth-order valence-electron chi connectivity index (χ4n) is 4.15. The molecular formula is C23H23NO2. The Morgan fingerprint density at radius 1 is 1.00 bits per heavy atom. The van der Waals surface area contributed by atoms with Crippen LogP contribution in [-0.2, 0) is 9.53 Å². The first-order valence-electron chi connectivity index (χ1n) is 9.20. The molecule has 1 aliphatic heterocycles. The zero-order valence-electron chi connectivity index (χ0n) is 14.8. The molecular weight excluding hydrogens is 322 g/mol. The molecule has 1 saturated heterocycles. The molecule has 1 fully saturated rings. The third kappa shape index (κ3) is 2.99. The molecule has 1 heterocycles. The molecule has 0 spiro atoms. The van der Waals surface area contributed by atoms with Crippen LogP contribution in [0.2, 0.25) is 0 Å². The van der Waals surface area contributed by atoms with Gasteiger partial charge in [0.1, 0.15) is 6.04 Å². The number of hydrogen-bond donors (Lipinski definition) is 1. The summed E-state index contributed by atoms with van der Waals surface area (Å²) in [5.41, 5.74) is 3.61. The minimum Gasteiger partial charge on any atom is -0.465 e. The number of fused-ring (bicyclic) bond motifs is 1. The minimum atomic E-state index is -0.398. The number of carbonyl (C=O) groups excluding carboxylic acids is 1. The predicted octanol–water partition coefficient (Wildman–Crippen LogP) is 4.16. The normalized spacial score (nSPS) is 26.9. The van der Waals surface area contributed by atoms with Gasteiger partial charge in [0.2, 0.25) is 0 Å². The van der Waals surface area contributed by atoms with Crippen LogP contribution in [0.3, 0.4) is 0 Å². The van der Waals surface area contributed by atoms with Crippen LogP contribution >= 0.6 is 0 Å². The third-order valence-electron chi connectivity index (χ3n) is 5.26. The van der Waals surface area contributed by atoms with Crippen molar-refractivity contribution in [1.29, 1.82) is 0 Å². The molecule has 0 aromatic heterocycles. The van der Waals surface area contributed by atoms with E-state index >= 15 is 0 Å². The first-order chi connectivity index (χ1) is 12.8. The van der Waals surface area contributed by atoms with Gasteiger partial charge in [0, 0.05) is 17.9 Å². The van der Waals surface area contributed by atoms with Crippen molar-refractivity contribution in [3.63, 3.8) is 0 Å². The maximum absolute atomic E-state index is 12.8. The van der Waals surface area contributed by atoms with Gasteiger partial charge >= 0.3 is 5.97 Å². The van der Waals surface area contributed by atoms with Crippen LogP contribution in [0.4, 0.5) is 0 Å². The number of rotatable bonds is 4. The standard InChI is InChI=1S/C23H23NO2/c1-2-26-23(25)22-20(16-10-5-3-6-11-16)18-14-9-15-19(18)21(24-22)17-12-7-4-8-13-17/h3-15,19-22,24H,2H2,1H3/t19-,20+,21+,22+/m1/s1. The van der Waals surface area contributed by atoms with Crippen LogP contribution in [-0.4, -0.2) is 18.6 Å². The molecule has 0 saturated carbocycles. The van der Waals surface area contributed by atoms with Gasteiger partial charge in [-0.1, -0.05) is 84.5 Å². The Bertz CT molecular complexity index is 826. The lowest BCUT2D eigenvalue weighted by molar-refractivity contribution is -0.146. The maximum atomic E-state index is 12.8. The Balaban J connectivity index is 1.76. The zero-order valence-corrected chi connectivity index (χ0v) is 14.8. The van der Waals surface area contributed by atoms with Crippen molar-refractivity contribution in [1.82, 2.24) is 5.32 Å². The topological polar surface area (TPSA) is 38.3 Å². The summed E-state index contributed by atoms with van der Waals surface area (Å²) in [5.74, 6) is 0.0389. The quantitative estimate of drug-likeness (QED) is 0.846. The highest BCUT2D eigenvalue weighted by molar-refractivity contribution is 5.79. The van der Waals surface area contributed by atoms with E-state index in [0.717, 1.165) is 5.56 Å². The van der Waals surface area contributed by atoms with Gasteiger partial charge in [-0.05, 0) is 18.1 Å². The van der Waals surface area contributed by atoms with Crippen molar-refractivity contribution in [3.8, 4) is 0 Å². The number of nitrogens with one attached hydrogen (secondary N) is 1. The van der Waals surface area contributed by atoms with E-state index in [1.165, 1.54) is 11.1 Å². The van der Waals surface area contributed by atoms with E-state index in [-0.39, 0.29) is 23.8 Å². The van der Waals surface area contributed by atoms with Crippen molar-refractivity contribution in [2.24, 2.45) is 5.92 Å². The molecule has 1 N–H and O–H groups in total. The van der Waals surface area contributed by atoms with Crippen LogP contribution in [0.1, 0.15) is 30.0 Å². The summed E-state index contributed by atoms with van der Waals surface area (Å²) in [4.78, 5) is 12.8. The first kappa shape index (κ1) is 16.8. The molecule has 0 amide bonds. The van der Waals surface area contributed by atoms with Crippen LogP contribution in [0.5, 0.6) is 0 Å². The Morgan fingerprint density at radius 2 is 1.65 bits per heavy atom.